The van der Waals surface area contributed by atoms with Gasteiger partial charge in [0.25, 0.3) is 0 Å². The molecule has 1 aromatic rings. The van der Waals surface area contributed by atoms with Crippen LogP contribution in [0.2, 0.25) is 0 Å². The topological polar surface area (TPSA) is 23.8 Å². The molecule has 0 fully saturated rings. The molecule has 0 saturated heterocycles. The van der Waals surface area contributed by atoms with Crippen LogP contribution in [0.3, 0.4) is 0 Å². The van der Waals surface area contributed by atoms with E-state index in [2.05, 4.69) is 72.2 Å². The van der Waals surface area contributed by atoms with Gasteiger partial charge in [-0.2, -0.15) is 24.6 Å². The van der Waals surface area contributed by atoms with Crippen molar-refractivity contribution in [2.45, 2.75) is 54.4 Å². The maximum atomic E-state index is 6.60. The fraction of sp³-hybridized carbons (Fsp3) is 0.476. The molecule has 1 aliphatic rings. The molecule has 0 heterocycles. The van der Waals surface area contributed by atoms with Crippen molar-refractivity contribution in [3.8, 4) is 0 Å². The van der Waals surface area contributed by atoms with E-state index in [9.17, 15) is 0 Å². The van der Waals surface area contributed by atoms with Crippen molar-refractivity contribution in [2.24, 2.45) is 5.92 Å². The summed E-state index contributed by atoms with van der Waals surface area (Å²) in [5, 5.41) is 0. The second kappa shape index (κ2) is 14.9. The molecule has 2 rings (SSSR count). The first-order valence-corrected chi connectivity index (χ1v) is 8.41. The maximum absolute atomic E-state index is 6.60. The summed E-state index contributed by atoms with van der Waals surface area (Å²) >= 11 is 0. The monoisotopic (exact) mass is 417 g/mol. The third-order valence-electron chi connectivity index (χ3n) is 4.73. The number of allylic oxidation sites excluding steroid dienone is 4. The zero-order valence-corrected chi connectivity index (χ0v) is 19.6. The first kappa shape index (κ1) is 29.6. The van der Waals surface area contributed by atoms with E-state index >= 15 is 0 Å². The summed E-state index contributed by atoms with van der Waals surface area (Å²) in [6, 6.07) is 8.70. The van der Waals surface area contributed by atoms with Crippen molar-refractivity contribution in [2.75, 3.05) is 6.54 Å². The van der Waals surface area contributed by atoms with Crippen LogP contribution in [0.15, 0.2) is 41.0 Å². The van der Waals surface area contributed by atoms with Crippen LogP contribution in [0.5, 0.6) is 0 Å². The minimum Gasteiger partial charge on any atom is -0.677 e. The maximum Gasteiger partial charge on any atom is 2.00 e. The third-order valence-corrected chi connectivity index (χ3v) is 4.73. The summed E-state index contributed by atoms with van der Waals surface area (Å²) in [6.07, 6.45) is 4.41. The summed E-state index contributed by atoms with van der Waals surface area (Å²) in [4.78, 5) is 0. The van der Waals surface area contributed by atoms with Gasteiger partial charge in [0.1, 0.15) is 0 Å². The van der Waals surface area contributed by atoms with Gasteiger partial charge in [-0.3, -0.25) is 0 Å². The van der Waals surface area contributed by atoms with E-state index in [0.29, 0.717) is 12.5 Å². The van der Waals surface area contributed by atoms with Crippen LogP contribution in [0.25, 0.3) is 11.3 Å². The molecule has 0 spiro atoms. The quantitative estimate of drug-likeness (QED) is 0.354. The Morgan fingerprint density at radius 3 is 1.96 bits per heavy atom. The summed E-state index contributed by atoms with van der Waals surface area (Å²) < 4.78 is 0. The molecule has 0 amide bonds. The second-order valence-corrected chi connectivity index (χ2v) is 6.05. The first-order valence-electron chi connectivity index (χ1n) is 8.41. The van der Waals surface area contributed by atoms with Crippen LogP contribution >= 0.6 is 24.8 Å². The normalized spacial score (nSPS) is 15.4. The summed E-state index contributed by atoms with van der Waals surface area (Å²) in [5.74, 6) is 0.552. The van der Waals surface area contributed by atoms with Gasteiger partial charge in [0.15, 0.2) is 0 Å². The predicted octanol–water partition coefficient (Wildman–Crippen LogP) is 7.70. The van der Waals surface area contributed by atoms with E-state index in [4.69, 9.17) is 5.73 Å². The van der Waals surface area contributed by atoms with Gasteiger partial charge in [0.05, 0.1) is 0 Å². The van der Waals surface area contributed by atoms with Crippen molar-refractivity contribution < 1.29 is 21.7 Å². The molecule has 1 aliphatic carbocycles. The molecule has 0 radical (unpaired) electrons. The molecule has 140 valence electrons. The molecule has 1 unspecified atom stereocenters. The fourth-order valence-electron chi connectivity index (χ4n) is 2.97. The van der Waals surface area contributed by atoms with E-state index in [1.54, 1.807) is 0 Å². The summed E-state index contributed by atoms with van der Waals surface area (Å²) in [6.45, 7) is 13.9. The number of hydrogen-bond acceptors (Lipinski definition) is 0. The van der Waals surface area contributed by atoms with Crippen LogP contribution in [-0.2, 0) is 21.7 Å². The van der Waals surface area contributed by atoms with Crippen molar-refractivity contribution >= 4 is 30.4 Å². The van der Waals surface area contributed by atoms with Crippen LogP contribution in [0, 0.1) is 12.3 Å². The number of rotatable bonds is 4. The third kappa shape index (κ3) is 7.53. The molecule has 0 aliphatic heterocycles. The minimum atomic E-state index is 0. The van der Waals surface area contributed by atoms with Crippen molar-refractivity contribution in [1.82, 2.24) is 0 Å². The Bertz CT molecular complexity index is 563. The Labute approximate surface area is 182 Å². The van der Waals surface area contributed by atoms with Gasteiger partial charge in [0.2, 0.25) is 0 Å². The molecule has 0 aromatic heterocycles. The Hall–Kier alpha value is -0.176. The van der Waals surface area contributed by atoms with Crippen molar-refractivity contribution in [3.63, 3.8) is 0 Å². The van der Waals surface area contributed by atoms with E-state index in [1.165, 1.54) is 33.4 Å². The van der Waals surface area contributed by atoms with E-state index in [-0.39, 0.29) is 46.5 Å². The van der Waals surface area contributed by atoms with Crippen LogP contribution < -0.4 is 0 Å². The van der Waals surface area contributed by atoms with Gasteiger partial charge in [-0.25, -0.2) is 0 Å². The SMILES string of the molecule is CCCC[NH-].C[CH-]c1ccccc1C1=C(C)C(C)=C(C)C1C.Cl.Cl.[Ti+2]. The van der Waals surface area contributed by atoms with Gasteiger partial charge < -0.3 is 5.73 Å². The van der Waals surface area contributed by atoms with Gasteiger partial charge in [-0.05, 0) is 32.3 Å². The zero-order chi connectivity index (χ0) is 16.7. The number of unbranched alkanes of at least 4 members (excludes halogenated alkanes) is 1. The van der Waals surface area contributed by atoms with E-state index in [0.717, 1.165) is 12.8 Å². The Kier molecular flexibility index (Phi) is 17.7. The number of nitrogens with one attached hydrogen (secondary N) is 1. The zero-order valence-electron chi connectivity index (χ0n) is 16.4. The fourth-order valence-corrected chi connectivity index (χ4v) is 2.97. The second-order valence-electron chi connectivity index (χ2n) is 6.05. The van der Waals surface area contributed by atoms with Crippen molar-refractivity contribution in [3.05, 3.63) is 64.3 Å². The number of hydrogen-bond donors (Lipinski definition) is 0. The Balaban J connectivity index is -0.000000539. The van der Waals surface area contributed by atoms with Gasteiger partial charge in [-0.15, -0.1) is 42.5 Å². The average Bonchev–Trinajstić information content (AvgIpc) is 2.72. The number of benzene rings is 1. The molecular formula is C21H33Cl2NTi. The largest absolute Gasteiger partial charge is 2.00 e. The average molecular weight is 418 g/mol. The molecule has 0 bridgehead atoms. The van der Waals surface area contributed by atoms with E-state index < -0.39 is 0 Å². The molecule has 25 heavy (non-hydrogen) atoms. The Morgan fingerprint density at radius 1 is 1.04 bits per heavy atom. The molecule has 0 saturated carbocycles. The van der Waals surface area contributed by atoms with E-state index in [1.807, 2.05) is 0 Å². The summed E-state index contributed by atoms with van der Waals surface area (Å²) in [5.41, 5.74) is 15.3. The minimum absolute atomic E-state index is 0. The van der Waals surface area contributed by atoms with Gasteiger partial charge in [-0.1, -0.05) is 56.4 Å². The van der Waals surface area contributed by atoms with Crippen molar-refractivity contribution in [1.29, 1.82) is 0 Å². The molecule has 4 heteroatoms. The molecule has 1 nitrogen and oxygen atoms in total. The first-order chi connectivity index (χ1) is 10.5. The molecule has 1 N–H and O–H groups in total. The molecule has 1 aromatic carbocycles. The van der Waals surface area contributed by atoms with Crippen LogP contribution in [-0.4, -0.2) is 6.54 Å². The smallest absolute Gasteiger partial charge is 0.677 e. The van der Waals surface area contributed by atoms with Gasteiger partial charge >= 0.3 is 21.7 Å². The van der Waals surface area contributed by atoms with Crippen LogP contribution in [0.1, 0.15) is 65.5 Å². The molecule has 1 atom stereocenters. The molecular weight excluding hydrogens is 385 g/mol. The summed E-state index contributed by atoms with van der Waals surface area (Å²) in [7, 11) is 0. The number of halogens is 2. The predicted molar refractivity (Wildman–Crippen MR) is 114 cm³/mol. The standard InChI is InChI=1S/C17H21.C4H10N.2ClH.Ti/c1-6-15-9-7-8-10-16(15)17-13(4)11(2)12(3)14(17)5;1-2-3-4-5;;;/h6-10,13H,1-5H3;5H,2-4H2,1H3;2*1H;/q2*-1;;;+2. The van der Waals surface area contributed by atoms with Gasteiger partial charge in [0, 0.05) is 0 Å². The van der Waals surface area contributed by atoms with Crippen LogP contribution in [0.4, 0.5) is 0 Å². The Morgan fingerprint density at radius 2 is 1.60 bits per heavy atom.